The zero-order valence-electron chi connectivity index (χ0n) is 7.88. The van der Waals surface area contributed by atoms with Crippen molar-refractivity contribution in [2.45, 2.75) is 6.42 Å². The summed E-state index contributed by atoms with van der Waals surface area (Å²) in [7, 11) is 2.23. The Bertz CT molecular complexity index is 477. The summed E-state index contributed by atoms with van der Waals surface area (Å²) in [5.41, 5.74) is 1.63. The van der Waals surface area contributed by atoms with Crippen molar-refractivity contribution in [1.29, 1.82) is 0 Å². The van der Waals surface area contributed by atoms with Crippen molar-refractivity contribution < 1.29 is 0 Å². The van der Waals surface area contributed by atoms with Gasteiger partial charge in [0, 0.05) is 0 Å². The summed E-state index contributed by atoms with van der Waals surface area (Å²) in [6, 6.07) is 13.4. The summed E-state index contributed by atoms with van der Waals surface area (Å²) in [5.74, 6) is 0. The SMILES string of the molecule is c1ccc2c3c(ccc2c1)PPCC3. The van der Waals surface area contributed by atoms with Gasteiger partial charge in [0.1, 0.15) is 0 Å². The van der Waals surface area contributed by atoms with Gasteiger partial charge in [-0.15, -0.1) is 0 Å². The van der Waals surface area contributed by atoms with Crippen LogP contribution in [0.1, 0.15) is 5.56 Å². The molecule has 2 unspecified atom stereocenters. The van der Waals surface area contributed by atoms with Gasteiger partial charge in [0.15, 0.2) is 0 Å². The lowest BCUT2D eigenvalue weighted by molar-refractivity contribution is 1.19. The van der Waals surface area contributed by atoms with Gasteiger partial charge in [-0.2, -0.15) is 0 Å². The molecule has 0 fully saturated rings. The van der Waals surface area contributed by atoms with Crippen LogP contribution >= 0.6 is 16.5 Å². The van der Waals surface area contributed by atoms with E-state index in [-0.39, 0.29) is 0 Å². The number of rotatable bonds is 0. The van der Waals surface area contributed by atoms with Crippen LogP contribution in [0.2, 0.25) is 0 Å². The highest BCUT2D eigenvalue weighted by molar-refractivity contribution is 8.15. The van der Waals surface area contributed by atoms with Crippen molar-refractivity contribution in [1.82, 2.24) is 0 Å². The minimum absolute atomic E-state index is 1.06. The van der Waals surface area contributed by atoms with E-state index >= 15 is 0 Å². The first-order valence-corrected chi connectivity index (χ1v) is 8.15. The van der Waals surface area contributed by atoms with Crippen molar-refractivity contribution in [3.63, 3.8) is 0 Å². The van der Waals surface area contributed by atoms with Gasteiger partial charge in [-0.1, -0.05) is 52.9 Å². The highest BCUT2D eigenvalue weighted by atomic mass is 32.0. The van der Waals surface area contributed by atoms with E-state index < -0.39 is 0 Å². The smallest absolute Gasteiger partial charge is 0.0145 e. The predicted molar refractivity (Wildman–Crippen MR) is 68.8 cm³/mol. The Morgan fingerprint density at radius 2 is 1.93 bits per heavy atom. The molecule has 0 radical (unpaired) electrons. The van der Waals surface area contributed by atoms with Crippen molar-refractivity contribution in [3.05, 3.63) is 42.0 Å². The molecule has 0 amide bonds. The van der Waals surface area contributed by atoms with Crippen molar-refractivity contribution in [2.75, 3.05) is 6.16 Å². The zero-order valence-corrected chi connectivity index (χ0v) is 9.88. The third-order valence-corrected chi connectivity index (χ3v) is 6.27. The van der Waals surface area contributed by atoms with Gasteiger partial charge < -0.3 is 0 Å². The molecule has 2 heteroatoms. The van der Waals surface area contributed by atoms with Gasteiger partial charge in [-0.3, -0.25) is 0 Å². The summed E-state index contributed by atoms with van der Waals surface area (Å²) in [6.45, 7) is 0. The Morgan fingerprint density at radius 3 is 2.93 bits per heavy atom. The van der Waals surface area contributed by atoms with Crippen LogP contribution in [0, 0.1) is 0 Å². The minimum atomic E-state index is 1.06. The Balaban J connectivity index is 2.34. The Labute approximate surface area is 87.6 Å². The fraction of sp³-hybridized carbons (Fsp3) is 0.167. The molecule has 0 nitrogen and oxygen atoms in total. The van der Waals surface area contributed by atoms with Crippen molar-refractivity contribution in [3.8, 4) is 0 Å². The molecule has 2 atom stereocenters. The van der Waals surface area contributed by atoms with Gasteiger partial charge in [-0.25, -0.2) is 0 Å². The van der Waals surface area contributed by atoms with Crippen LogP contribution in [0.3, 0.4) is 0 Å². The molecule has 1 aliphatic rings. The molecule has 0 bridgehead atoms. The highest BCUT2D eigenvalue weighted by Gasteiger charge is 2.11. The predicted octanol–water partition coefficient (Wildman–Crippen LogP) is 3.29. The van der Waals surface area contributed by atoms with E-state index in [9.17, 15) is 0 Å². The Kier molecular flexibility index (Phi) is 2.28. The number of benzene rings is 2. The number of hydrogen-bond donors (Lipinski definition) is 0. The topological polar surface area (TPSA) is 0 Å². The normalized spacial score (nSPS) is 18.9. The van der Waals surface area contributed by atoms with Gasteiger partial charge in [0.2, 0.25) is 0 Å². The first kappa shape index (κ1) is 8.84. The van der Waals surface area contributed by atoms with Crippen LogP contribution in [-0.2, 0) is 6.42 Å². The second kappa shape index (κ2) is 3.61. The van der Waals surface area contributed by atoms with E-state index in [1.807, 2.05) is 0 Å². The largest absolute Gasteiger partial charge is 0.0943 e. The fourth-order valence-corrected chi connectivity index (χ4v) is 5.36. The minimum Gasteiger partial charge on any atom is -0.0943 e. The third kappa shape index (κ3) is 1.38. The molecule has 70 valence electrons. The average molecular weight is 218 g/mol. The maximum atomic E-state index is 2.34. The first-order chi connectivity index (χ1) is 6.95. The molecular weight excluding hydrogens is 206 g/mol. The summed E-state index contributed by atoms with van der Waals surface area (Å²) in [6.07, 6.45) is 2.70. The van der Waals surface area contributed by atoms with Crippen molar-refractivity contribution in [2.24, 2.45) is 0 Å². The molecule has 3 rings (SSSR count). The quantitative estimate of drug-likeness (QED) is 0.595. The molecule has 0 spiro atoms. The molecule has 0 N–H and O–H groups in total. The highest BCUT2D eigenvalue weighted by Crippen LogP contribution is 2.42. The van der Waals surface area contributed by atoms with E-state index in [0.29, 0.717) is 0 Å². The van der Waals surface area contributed by atoms with Gasteiger partial charge in [0.25, 0.3) is 0 Å². The standard InChI is InChI=1S/C12H12P2/c1-2-4-10-9(3-1)5-6-12-11(10)7-8-13-14-12/h1-6,13-14H,7-8H2. The van der Waals surface area contributed by atoms with Crippen LogP contribution in [0.25, 0.3) is 10.8 Å². The average Bonchev–Trinajstić information content (AvgIpc) is 2.29. The molecule has 1 heterocycles. The first-order valence-electron chi connectivity index (χ1n) is 4.95. The van der Waals surface area contributed by atoms with Crippen LogP contribution in [0.15, 0.2) is 36.4 Å². The lowest BCUT2D eigenvalue weighted by atomic mass is 10.0. The van der Waals surface area contributed by atoms with Crippen LogP contribution in [0.4, 0.5) is 0 Å². The summed E-state index contributed by atoms with van der Waals surface area (Å²) in [4.78, 5) is 0. The van der Waals surface area contributed by atoms with Gasteiger partial charge in [0.05, 0.1) is 0 Å². The third-order valence-electron chi connectivity index (χ3n) is 2.76. The summed E-state index contributed by atoms with van der Waals surface area (Å²) < 4.78 is 0. The van der Waals surface area contributed by atoms with Crippen molar-refractivity contribution >= 4 is 32.6 Å². The molecule has 1 aliphatic heterocycles. The van der Waals surface area contributed by atoms with E-state index in [0.717, 1.165) is 8.27 Å². The molecule has 14 heavy (non-hydrogen) atoms. The van der Waals surface area contributed by atoms with Crippen LogP contribution < -0.4 is 5.30 Å². The maximum absolute atomic E-state index is 2.34. The molecule has 0 saturated heterocycles. The second-order valence-electron chi connectivity index (χ2n) is 3.61. The Hall–Kier alpha value is -0.440. The summed E-state index contributed by atoms with van der Waals surface area (Å²) in [5, 5.41) is 4.51. The lowest BCUT2D eigenvalue weighted by Gasteiger charge is -2.17. The zero-order chi connectivity index (χ0) is 9.38. The second-order valence-corrected chi connectivity index (χ2v) is 7.07. The van der Waals surface area contributed by atoms with E-state index in [1.165, 1.54) is 31.6 Å². The van der Waals surface area contributed by atoms with Crippen LogP contribution in [-0.4, -0.2) is 6.16 Å². The molecule has 0 aromatic heterocycles. The lowest BCUT2D eigenvalue weighted by Crippen LogP contribution is -2.08. The molecule has 0 aliphatic carbocycles. The molecular formula is C12H12P2. The van der Waals surface area contributed by atoms with Crippen LogP contribution in [0.5, 0.6) is 0 Å². The maximum Gasteiger partial charge on any atom is -0.0145 e. The Morgan fingerprint density at radius 1 is 1.00 bits per heavy atom. The van der Waals surface area contributed by atoms with Gasteiger partial charge in [-0.05, 0) is 34.2 Å². The molecule has 0 saturated carbocycles. The summed E-state index contributed by atoms with van der Waals surface area (Å²) >= 11 is 0. The number of fused-ring (bicyclic) bond motifs is 3. The van der Waals surface area contributed by atoms with Gasteiger partial charge >= 0.3 is 0 Å². The molecule has 2 aromatic rings. The van der Waals surface area contributed by atoms with E-state index in [2.05, 4.69) is 36.4 Å². The monoisotopic (exact) mass is 218 g/mol. The molecule has 2 aromatic carbocycles. The number of aryl methyl sites for hydroxylation is 1. The number of hydrogen-bond acceptors (Lipinski definition) is 0. The van der Waals surface area contributed by atoms with E-state index in [4.69, 9.17) is 0 Å². The fourth-order valence-electron chi connectivity index (χ4n) is 2.07. The van der Waals surface area contributed by atoms with E-state index in [1.54, 1.807) is 10.9 Å².